The van der Waals surface area contributed by atoms with E-state index in [-0.39, 0.29) is 11.4 Å². The van der Waals surface area contributed by atoms with Crippen LogP contribution in [0.3, 0.4) is 0 Å². The van der Waals surface area contributed by atoms with Gasteiger partial charge < -0.3 is 15.0 Å². The van der Waals surface area contributed by atoms with Gasteiger partial charge in [-0.2, -0.15) is 0 Å². The predicted octanol–water partition coefficient (Wildman–Crippen LogP) is -0.547. The SMILES string of the molecule is COC(=O)C12CCN(C)C1CNC2. The highest BCUT2D eigenvalue weighted by Crippen LogP contribution is 2.39. The van der Waals surface area contributed by atoms with E-state index in [1.807, 2.05) is 0 Å². The fraction of sp³-hybridized carbons (Fsp3) is 0.889. The van der Waals surface area contributed by atoms with Crippen LogP contribution in [-0.4, -0.2) is 50.7 Å². The molecule has 0 aliphatic carbocycles. The van der Waals surface area contributed by atoms with Crippen molar-refractivity contribution in [2.75, 3.05) is 33.8 Å². The summed E-state index contributed by atoms with van der Waals surface area (Å²) in [7, 11) is 3.55. The van der Waals surface area contributed by atoms with Crippen LogP contribution in [0.1, 0.15) is 6.42 Å². The minimum Gasteiger partial charge on any atom is -0.469 e. The van der Waals surface area contributed by atoms with E-state index in [9.17, 15) is 4.79 Å². The Bertz CT molecular complexity index is 232. The number of methoxy groups -OCH3 is 1. The minimum atomic E-state index is -0.260. The lowest BCUT2D eigenvalue weighted by molar-refractivity contribution is -0.152. The number of carbonyl (C=O) groups excluding carboxylic acids is 1. The van der Waals surface area contributed by atoms with Crippen LogP contribution in [0.5, 0.6) is 0 Å². The first-order chi connectivity index (χ1) is 6.20. The lowest BCUT2D eigenvalue weighted by Gasteiger charge is -2.26. The number of likely N-dealkylation sites (tertiary alicyclic amines) is 1. The van der Waals surface area contributed by atoms with Crippen LogP contribution in [0, 0.1) is 5.41 Å². The summed E-state index contributed by atoms with van der Waals surface area (Å²) in [5, 5.41) is 3.27. The number of nitrogens with one attached hydrogen (secondary N) is 1. The average molecular weight is 184 g/mol. The summed E-state index contributed by atoms with van der Waals surface area (Å²) >= 11 is 0. The summed E-state index contributed by atoms with van der Waals surface area (Å²) in [5.41, 5.74) is -0.260. The summed E-state index contributed by atoms with van der Waals surface area (Å²) < 4.78 is 4.88. The number of carbonyl (C=O) groups is 1. The lowest BCUT2D eigenvalue weighted by atomic mass is 9.83. The van der Waals surface area contributed by atoms with Crippen LogP contribution in [0.4, 0.5) is 0 Å². The van der Waals surface area contributed by atoms with Crippen molar-refractivity contribution in [1.29, 1.82) is 0 Å². The molecule has 4 heteroatoms. The predicted molar refractivity (Wildman–Crippen MR) is 48.4 cm³/mol. The Morgan fingerprint density at radius 2 is 2.46 bits per heavy atom. The van der Waals surface area contributed by atoms with Gasteiger partial charge in [0.1, 0.15) is 0 Å². The first-order valence-corrected chi connectivity index (χ1v) is 4.70. The highest BCUT2D eigenvalue weighted by Gasteiger charge is 2.55. The molecule has 2 aliphatic rings. The van der Waals surface area contributed by atoms with Crippen molar-refractivity contribution < 1.29 is 9.53 Å². The van der Waals surface area contributed by atoms with Gasteiger partial charge in [0.2, 0.25) is 0 Å². The number of ether oxygens (including phenoxy) is 1. The van der Waals surface area contributed by atoms with Crippen molar-refractivity contribution in [3.8, 4) is 0 Å². The molecule has 2 atom stereocenters. The molecule has 1 N–H and O–H groups in total. The van der Waals surface area contributed by atoms with Crippen LogP contribution < -0.4 is 5.32 Å². The summed E-state index contributed by atoms with van der Waals surface area (Å²) in [5.74, 6) is -0.0492. The van der Waals surface area contributed by atoms with E-state index in [0.29, 0.717) is 6.04 Å². The molecule has 2 fully saturated rings. The van der Waals surface area contributed by atoms with Gasteiger partial charge in [0.15, 0.2) is 0 Å². The van der Waals surface area contributed by atoms with Crippen molar-refractivity contribution in [2.45, 2.75) is 12.5 Å². The van der Waals surface area contributed by atoms with E-state index in [1.54, 1.807) is 0 Å². The van der Waals surface area contributed by atoms with E-state index in [0.717, 1.165) is 26.1 Å². The quantitative estimate of drug-likeness (QED) is 0.555. The van der Waals surface area contributed by atoms with Crippen molar-refractivity contribution >= 4 is 5.97 Å². The van der Waals surface area contributed by atoms with Crippen molar-refractivity contribution in [3.63, 3.8) is 0 Å². The summed E-state index contributed by atoms with van der Waals surface area (Å²) in [6.07, 6.45) is 0.924. The monoisotopic (exact) mass is 184 g/mol. The third-order valence-corrected chi connectivity index (χ3v) is 3.45. The van der Waals surface area contributed by atoms with Gasteiger partial charge in [-0.05, 0) is 20.0 Å². The molecule has 2 heterocycles. The molecule has 0 amide bonds. The summed E-state index contributed by atoms with van der Waals surface area (Å²) in [6.45, 7) is 2.68. The Labute approximate surface area is 78.2 Å². The van der Waals surface area contributed by atoms with Crippen molar-refractivity contribution in [3.05, 3.63) is 0 Å². The normalized spacial score (nSPS) is 39.1. The van der Waals surface area contributed by atoms with Crippen LogP contribution in [-0.2, 0) is 9.53 Å². The van der Waals surface area contributed by atoms with E-state index < -0.39 is 0 Å². The maximum atomic E-state index is 11.7. The largest absolute Gasteiger partial charge is 0.469 e. The second-order valence-corrected chi connectivity index (χ2v) is 4.03. The lowest BCUT2D eigenvalue weighted by Crippen LogP contribution is -2.43. The Morgan fingerprint density at radius 3 is 3.15 bits per heavy atom. The molecule has 74 valence electrons. The molecule has 0 saturated carbocycles. The molecule has 13 heavy (non-hydrogen) atoms. The van der Waals surface area contributed by atoms with Gasteiger partial charge in [0.25, 0.3) is 0 Å². The first kappa shape index (κ1) is 8.97. The molecule has 2 unspecified atom stereocenters. The smallest absolute Gasteiger partial charge is 0.314 e. The van der Waals surface area contributed by atoms with Gasteiger partial charge >= 0.3 is 5.97 Å². The van der Waals surface area contributed by atoms with Gasteiger partial charge in [0.05, 0.1) is 12.5 Å². The molecule has 0 radical (unpaired) electrons. The van der Waals surface area contributed by atoms with Crippen molar-refractivity contribution in [1.82, 2.24) is 10.2 Å². The van der Waals surface area contributed by atoms with Gasteiger partial charge in [-0.1, -0.05) is 0 Å². The molecular weight excluding hydrogens is 168 g/mol. The van der Waals surface area contributed by atoms with E-state index in [4.69, 9.17) is 4.74 Å². The van der Waals surface area contributed by atoms with E-state index in [1.165, 1.54) is 7.11 Å². The number of esters is 1. The summed E-state index contributed by atoms with van der Waals surface area (Å²) in [6, 6.07) is 0.333. The van der Waals surface area contributed by atoms with Gasteiger partial charge in [0, 0.05) is 19.1 Å². The second kappa shape index (κ2) is 2.96. The molecule has 0 spiro atoms. The maximum Gasteiger partial charge on any atom is 0.314 e. The van der Waals surface area contributed by atoms with E-state index >= 15 is 0 Å². The zero-order valence-electron chi connectivity index (χ0n) is 8.17. The molecule has 0 aromatic rings. The Hall–Kier alpha value is -0.610. The third-order valence-electron chi connectivity index (χ3n) is 3.45. The third kappa shape index (κ3) is 1.09. The summed E-state index contributed by atoms with van der Waals surface area (Å²) in [4.78, 5) is 13.9. The fourth-order valence-corrected chi connectivity index (χ4v) is 2.62. The zero-order chi connectivity index (χ0) is 9.47. The van der Waals surface area contributed by atoms with E-state index in [2.05, 4.69) is 17.3 Å². The highest BCUT2D eigenvalue weighted by molar-refractivity contribution is 5.79. The van der Waals surface area contributed by atoms with Crippen LogP contribution in [0.2, 0.25) is 0 Å². The standard InChI is InChI=1S/C9H16N2O2/c1-11-4-3-9(8(12)13-2)6-10-5-7(9)11/h7,10H,3-6H2,1-2H3. The Balaban J connectivity index is 2.25. The molecule has 2 rings (SSSR count). The second-order valence-electron chi connectivity index (χ2n) is 4.03. The Kier molecular flexibility index (Phi) is 2.04. The zero-order valence-corrected chi connectivity index (χ0v) is 8.17. The first-order valence-electron chi connectivity index (χ1n) is 4.70. The molecular formula is C9H16N2O2. The van der Waals surface area contributed by atoms with Crippen LogP contribution >= 0.6 is 0 Å². The van der Waals surface area contributed by atoms with Gasteiger partial charge in [-0.15, -0.1) is 0 Å². The molecule has 4 nitrogen and oxygen atoms in total. The molecule has 2 saturated heterocycles. The maximum absolute atomic E-state index is 11.7. The average Bonchev–Trinajstić information content (AvgIpc) is 2.67. The molecule has 0 bridgehead atoms. The highest BCUT2D eigenvalue weighted by atomic mass is 16.5. The Morgan fingerprint density at radius 1 is 1.69 bits per heavy atom. The fourth-order valence-electron chi connectivity index (χ4n) is 2.62. The number of rotatable bonds is 1. The van der Waals surface area contributed by atoms with Crippen LogP contribution in [0.25, 0.3) is 0 Å². The van der Waals surface area contributed by atoms with Crippen molar-refractivity contribution in [2.24, 2.45) is 5.41 Å². The molecule has 0 aromatic carbocycles. The number of hydrogen-bond donors (Lipinski definition) is 1. The number of fused-ring (bicyclic) bond motifs is 1. The topological polar surface area (TPSA) is 41.6 Å². The molecule has 0 aromatic heterocycles. The van der Waals surface area contributed by atoms with Crippen LogP contribution in [0.15, 0.2) is 0 Å². The number of likely N-dealkylation sites (N-methyl/N-ethyl adjacent to an activating group) is 1. The van der Waals surface area contributed by atoms with Gasteiger partial charge in [-0.3, -0.25) is 4.79 Å². The van der Waals surface area contributed by atoms with Gasteiger partial charge in [-0.25, -0.2) is 0 Å². The number of hydrogen-bond acceptors (Lipinski definition) is 4. The molecule has 2 aliphatic heterocycles. The number of nitrogens with zero attached hydrogens (tertiary/aromatic N) is 1. The minimum absolute atomic E-state index is 0.0492.